The van der Waals surface area contributed by atoms with Crippen molar-refractivity contribution in [1.29, 1.82) is 0 Å². The van der Waals surface area contributed by atoms with Crippen LogP contribution in [0, 0.1) is 5.92 Å². The van der Waals surface area contributed by atoms with E-state index in [0.717, 1.165) is 30.7 Å². The van der Waals surface area contributed by atoms with Crippen molar-refractivity contribution in [3.05, 3.63) is 33.8 Å². The van der Waals surface area contributed by atoms with Crippen molar-refractivity contribution in [2.45, 2.75) is 51.0 Å². The monoisotopic (exact) mass is 285 g/mol. The summed E-state index contributed by atoms with van der Waals surface area (Å²) in [6, 6.07) is 5.81. The Balaban J connectivity index is 2.14. The van der Waals surface area contributed by atoms with E-state index < -0.39 is 0 Å². The fourth-order valence-corrected chi connectivity index (χ4v) is 3.23. The molecular formula is C15H21Cl2N. The first-order valence-electron chi connectivity index (χ1n) is 6.72. The van der Waals surface area contributed by atoms with Gasteiger partial charge in [0, 0.05) is 5.54 Å². The van der Waals surface area contributed by atoms with E-state index in [1.165, 1.54) is 19.3 Å². The summed E-state index contributed by atoms with van der Waals surface area (Å²) in [4.78, 5) is 0. The Hall–Kier alpha value is -0.240. The number of hydrogen-bond acceptors (Lipinski definition) is 1. The van der Waals surface area contributed by atoms with E-state index in [4.69, 9.17) is 28.9 Å². The van der Waals surface area contributed by atoms with Crippen molar-refractivity contribution in [2.75, 3.05) is 0 Å². The SMILES string of the molecule is CC1CCCC(N)(Cc2cccc(Cl)c2Cl)CC1. The molecule has 0 bridgehead atoms. The zero-order chi connectivity index (χ0) is 13.2. The van der Waals surface area contributed by atoms with E-state index >= 15 is 0 Å². The molecule has 0 aromatic heterocycles. The van der Waals surface area contributed by atoms with Crippen LogP contribution in [0.4, 0.5) is 0 Å². The lowest BCUT2D eigenvalue weighted by molar-refractivity contribution is 0.363. The van der Waals surface area contributed by atoms with Crippen molar-refractivity contribution in [3.63, 3.8) is 0 Å². The predicted octanol–water partition coefficient (Wildman–Crippen LogP) is 4.83. The summed E-state index contributed by atoms with van der Waals surface area (Å²) in [6.07, 6.45) is 6.73. The number of rotatable bonds is 2. The van der Waals surface area contributed by atoms with Gasteiger partial charge in [-0.3, -0.25) is 0 Å². The van der Waals surface area contributed by atoms with Gasteiger partial charge >= 0.3 is 0 Å². The largest absolute Gasteiger partial charge is 0.325 e. The van der Waals surface area contributed by atoms with Crippen LogP contribution in [0.25, 0.3) is 0 Å². The summed E-state index contributed by atoms with van der Waals surface area (Å²) < 4.78 is 0. The van der Waals surface area contributed by atoms with Gasteiger partial charge in [-0.25, -0.2) is 0 Å². The van der Waals surface area contributed by atoms with Crippen LogP contribution in [0.1, 0.15) is 44.6 Å². The van der Waals surface area contributed by atoms with Crippen molar-refractivity contribution in [1.82, 2.24) is 0 Å². The molecular weight excluding hydrogens is 265 g/mol. The van der Waals surface area contributed by atoms with Gasteiger partial charge in [0.25, 0.3) is 0 Å². The first kappa shape index (κ1) is 14.2. The van der Waals surface area contributed by atoms with Crippen LogP contribution in [-0.4, -0.2) is 5.54 Å². The Bertz CT molecular complexity index is 419. The lowest BCUT2D eigenvalue weighted by Crippen LogP contribution is -2.41. The first-order chi connectivity index (χ1) is 8.50. The molecule has 0 spiro atoms. The standard InChI is InChI=1S/C15H21Cl2N/c1-11-4-3-8-15(18,9-7-11)10-12-5-2-6-13(16)14(12)17/h2,5-6,11H,3-4,7-10,18H2,1H3. The maximum atomic E-state index is 6.57. The van der Waals surface area contributed by atoms with Gasteiger partial charge in [0.2, 0.25) is 0 Å². The molecule has 2 unspecified atom stereocenters. The summed E-state index contributed by atoms with van der Waals surface area (Å²) in [5.41, 5.74) is 7.54. The van der Waals surface area contributed by atoms with Crippen LogP contribution in [-0.2, 0) is 6.42 Å². The van der Waals surface area contributed by atoms with Crippen LogP contribution < -0.4 is 5.73 Å². The van der Waals surface area contributed by atoms with Gasteiger partial charge < -0.3 is 5.73 Å². The Morgan fingerprint density at radius 1 is 1.28 bits per heavy atom. The van der Waals surface area contributed by atoms with E-state index in [1.807, 2.05) is 18.2 Å². The lowest BCUT2D eigenvalue weighted by Gasteiger charge is -2.29. The van der Waals surface area contributed by atoms with Gasteiger partial charge in [-0.1, -0.05) is 55.1 Å². The van der Waals surface area contributed by atoms with Gasteiger partial charge in [-0.2, -0.15) is 0 Å². The van der Waals surface area contributed by atoms with Gasteiger partial charge in [-0.05, 0) is 43.2 Å². The topological polar surface area (TPSA) is 26.0 Å². The molecule has 2 atom stereocenters. The van der Waals surface area contributed by atoms with Gasteiger partial charge in [0.15, 0.2) is 0 Å². The summed E-state index contributed by atoms with van der Waals surface area (Å²) in [5, 5.41) is 1.29. The maximum absolute atomic E-state index is 6.57. The van der Waals surface area contributed by atoms with E-state index in [2.05, 4.69) is 6.92 Å². The number of benzene rings is 1. The second kappa shape index (κ2) is 5.81. The fraction of sp³-hybridized carbons (Fsp3) is 0.600. The molecule has 2 N–H and O–H groups in total. The molecule has 1 fully saturated rings. The molecule has 1 nitrogen and oxygen atoms in total. The summed E-state index contributed by atoms with van der Waals surface area (Å²) in [7, 11) is 0. The zero-order valence-electron chi connectivity index (χ0n) is 10.9. The minimum absolute atomic E-state index is 0.112. The van der Waals surface area contributed by atoms with Gasteiger partial charge in [0.1, 0.15) is 0 Å². The highest BCUT2D eigenvalue weighted by molar-refractivity contribution is 6.42. The van der Waals surface area contributed by atoms with Crippen molar-refractivity contribution in [3.8, 4) is 0 Å². The van der Waals surface area contributed by atoms with E-state index in [-0.39, 0.29) is 5.54 Å². The highest BCUT2D eigenvalue weighted by Gasteiger charge is 2.29. The third-order valence-electron chi connectivity index (χ3n) is 4.08. The Morgan fingerprint density at radius 2 is 2.06 bits per heavy atom. The maximum Gasteiger partial charge on any atom is 0.0624 e. The van der Waals surface area contributed by atoms with E-state index in [9.17, 15) is 0 Å². The second-order valence-electron chi connectivity index (χ2n) is 5.79. The average molecular weight is 286 g/mol. The molecule has 1 aliphatic carbocycles. The molecule has 3 heteroatoms. The summed E-state index contributed by atoms with van der Waals surface area (Å²) in [5.74, 6) is 0.797. The van der Waals surface area contributed by atoms with E-state index in [1.54, 1.807) is 0 Å². The van der Waals surface area contributed by atoms with Crippen molar-refractivity contribution in [2.24, 2.45) is 11.7 Å². The number of hydrogen-bond donors (Lipinski definition) is 1. The molecule has 1 aliphatic rings. The number of nitrogens with two attached hydrogens (primary N) is 1. The highest BCUT2D eigenvalue weighted by atomic mass is 35.5. The minimum atomic E-state index is -0.112. The van der Waals surface area contributed by atoms with Crippen LogP contribution in [0.2, 0.25) is 10.0 Å². The molecule has 0 aliphatic heterocycles. The lowest BCUT2D eigenvalue weighted by atomic mass is 9.84. The Morgan fingerprint density at radius 3 is 2.83 bits per heavy atom. The Kier molecular flexibility index (Phi) is 4.58. The fourth-order valence-electron chi connectivity index (χ4n) is 2.85. The second-order valence-corrected chi connectivity index (χ2v) is 6.57. The molecule has 1 saturated carbocycles. The third-order valence-corrected chi connectivity index (χ3v) is 4.94. The summed E-state index contributed by atoms with van der Waals surface area (Å²) >= 11 is 12.3. The minimum Gasteiger partial charge on any atom is -0.325 e. The third kappa shape index (κ3) is 3.40. The van der Waals surface area contributed by atoms with Crippen LogP contribution in [0.5, 0.6) is 0 Å². The Labute approximate surface area is 120 Å². The molecule has 100 valence electrons. The molecule has 0 radical (unpaired) electrons. The zero-order valence-corrected chi connectivity index (χ0v) is 12.4. The molecule has 0 saturated heterocycles. The molecule has 0 amide bonds. The predicted molar refractivity (Wildman–Crippen MR) is 79.3 cm³/mol. The molecule has 0 heterocycles. The van der Waals surface area contributed by atoms with Gasteiger partial charge in [0.05, 0.1) is 10.0 Å². The quantitative estimate of drug-likeness (QED) is 0.774. The highest BCUT2D eigenvalue weighted by Crippen LogP contribution is 2.34. The normalized spacial score (nSPS) is 29.0. The van der Waals surface area contributed by atoms with Crippen molar-refractivity contribution >= 4 is 23.2 Å². The smallest absolute Gasteiger partial charge is 0.0624 e. The molecule has 2 rings (SSSR count). The van der Waals surface area contributed by atoms with E-state index in [0.29, 0.717) is 10.0 Å². The van der Waals surface area contributed by atoms with Crippen LogP contribution in [0.3, 0.4) is 0 Å². The van der Waals surface area contributed by atoms with Crippen molar-refractivity contribution < 1.29 is 0 Å². The van der Waals surface area contributed by atoms with Gasteiger partial charge in [-0.15, -0.1) is 0 Å². The molecule has 1 aromatic carbocycles. The van der Waals surface area contributed by atoms with Crippen LogP contribution >= 0.6 is 23.2 Å². The first-order valence-corrected chi connectivity index (χ1v) is 7.47. The molecule has 18 heavy (non-hydrogen) atoms. The summed E-state index contributed by atoms with van der Waals surface area (Å²) in [6.45, 7) is 2.32. The van der Waals surface area contributed by atoms with Crippen LogP contribution in [0.15, 0.2) is 18.2 Å². The average Bonchev–Trinajstić information content (AvgIpc) is 2.48. The number of halogens is 2. The molecule has 1 aromatic rings.